The summed E-state index contributed by atoms with van der Waals surface area (Å²) < 4.78 is 25.7. The molecule has 66 heavy (non-hydrogen) atoms. The molecular formula is C50H58N2O14. The second-order valence-corrected chi connectivity index (χ2v) is 15.1. The molecular weight excluding hydrogens is 853 g/mol. The first-order valence-electron chi connectivity index (χ1n) is 21.4. The summed E-state index contributed by atoms with van der Waals surface area (Å²) >= 11 is 0. The summed E-state index contributed by atoms with van der Waals surface area (Å²) in [5.74, 6) is -1.33. The molecule has 0 aromatic heterocycles. The van der Waals surface area contributed by atoms with Crippen molar-refractivity contribution < 1.29 is 67.1 Å². The molecule has 0 aliphatic heterocycles. The van der Waals surface area contributed by atoms with Crippen LogP contribution in [-0.4, -0.2) is 85.3 Å². The number of hydrogen-bond donors (Lipinski definition) is 3. The lowest BCUT2D eigenvalue weighted by atomic mass is 10.0. The summed E-state index contributed by atoms with van der Waals surface area (Å²) in [6, 6.07) is 25.8. The standard InChI is InChI=1S/C26H31NO7.C24H27NO7/c1-4-33-26(31)23(27-24(29)15-10-19-6-11-21(32-3)12-7-19)17-20-8-13-22(14-9-20)34-25(30)16-5-18(2)28;1-16(26)3-14-23(28)32-20-11-6-18(7-12-20)15-21(24(29)30)25-22(27)13-8-17-4-9-19(31-2)10-5-17/h6-9,11-14,23H,4-5,10,15-17H2,1-3H3,(H,27,29);4-7,9-12,21H,3,8,13-15H2,1-2H3,(H,25,27)(H,29,30). The van der Waals surface area contributed by atoms with Gasteiger partial charge in [0.1, 0.15) is 46.6 Å². The number of carboxylic acid groups (broad SMARTS) is 1. The predicted octanol–water partition coefficient (Wildman–Crippen LogP) is 5.91. The highest BCUT2D eigenvalue weighted by atomic mass is 16.5. The topological polar surface area (TPSA) is 227 Å². The van der Waals surface area contributed by atoms with Gasteiger partial charge in [-0.3, -0.25) is 19.2 Å². The molecule has 0 aliphatic rings. The van der Waals surface area contributed by atoms with Crippen LogP contribution in [0.25, 0.3) is 0 Å². The average Bonchev–Trinajstić information content (AvgIpc) is 3.30. The normalized spacial score (nSPS) is 11.3. The number of carbonyl (C=O) groups is 8. The lowest BCUT2D eigenvalue weighted by molar-refractivity contribution is -0.147. The molecule has 2 amide bonds. The molecule has 16 nitrogen and oxygen atoms in total. The quantitative estimate of drug-likeness (QED) is 0.0519. The summed E-state index contributed by atoms with van der Waals surface area (Å²) in [5.41, 5.74) is 3.35. The molecule has 4 aromatic rings. The maximum Gasteiger partial charge on any atom is 0.328 e. The van der Waals surface area contributed by atoms with E-state index in [4.69, 9.17) is 23.7 Å². The van der Waals surface area contributed by atoms with Gasteiger partial charge in [-0.1, -0.05) is 48.5 Å². The second-order valence-electron chi connectivity index (χ2n) is 15.1. The summed E-state index contributed by atoms with van der Waals surface area (Å²) in [7, 11) is 3.17. The van der Waals surface area contributed by atoms with E-state index < -0.39 is 36.0 Å². The number of esters is 3. The van der Waals surface area contributed by atoms with Gasteiger partial charge in [0, 0.05) is 38.5 Å². The van der Waals surface area contributed by atoms with E-state index in [1.54, 1.807) is 81.8 Å². The molecule has 4 aromatic carbocycles. The first-order valence-corrected chi connectivity index (χ1v) is 21.4. The molecule has 0 bridgehead atoms. The third-order valence-electron chi connectivity index (χ3n) is 9.69. The van der Waals surface area contributed by atoms with Crippen LogP contribution in [0.3, 0.4) is 0 Å². The summed E-state index contributed by atoms with van der Waals surface area (Å²) in [6.07, 6.45) is 1.97. The molecule has 0 spiro atoms. The van der Waals surface area contributed by atoms with Gasteiger partial charge in [0.25, 0.3) is 0 Å². The van der Waals surface area contributed by atoms with Crippen LogP contribution in [0.5, 0.6) is 23.0 Å². The number of ether oxygens (including phenoxy) is 5. The Morgan fingerprint density at radius 2 is 0.833 bits per heavy atom. The fourth-order valence-electron chi connectivity index (χ4n) is 6.05. The minimum atomic E-state index is -1.14. The molecule has 0 radical (unpaired) electrons. The minimum Gasteiger partial charge on any atom is -0.497 e. The van der Waals surface area contributed by atoms with Crippen molar-refractivity contribution in [1.29, 1.82) is 0 Å². The van der Waals surface area contributed by atoms with E-state index in [9.17, 15) is 43.5 Å². The lowest BCUT2D eigenvalue weighted by Gasteiger charge is -2.18. The van der Waals surface area contributed by atoms with Crippen molar-refractivity contribution in [3.05, 3.63) is 119 Å². The van der Waals surface area contributed by atoms with Crippen LogP contribution in [-0.2, 0) is 68.8 Å². The van der Waals surface area contributed by atoms with Crippen LogP contribution in [0.1, 0.15) is 81.5 Å². The first-order chi connectivity index (χ1) is 31.6. The summed E-state index contributed by atoms with van der Waals surface area (Å²) in [5, 5.41) is 14.8. The SMILES string of the molecule is CCOC(=O)C(Cc1ccc(OC(=O)CCC(C)=O)cc1)NC(=O)CCc1ccc(OC)cc1.COc1ccc(CCC(=O)NC(Cc2ccc(OC(=O)CCC(C)=O)cc2)C(=O)O)cc1. The number of benzene rings is 4. The molecule has 0 heterocycles. The molecule has 0 saturated heterocycles. The number of hydrogen-bond acceptors (Lipinski definition) is 13. The zero-order valence-electron chi connectivity index (χ0n) is 37.9. The number of carbonyl (C=O) groups excluding carboxylic acids is 7. The van der Waals surface area contributed by atoms with E-state index >= 15 is 0 Å². The molecule has 0 saturated carbocycles. The van der Waals surface area contributed by atoms with Crippen molar-refractivity contribution >= 4 is 47.3 Å². The Labute approximate surface area is 384 Å². The first kappa shape index (κ1) is 53.0. The second kappa shape index (κ2) is 28.4. The van der Waals surface area contributed by atoms with Gasteiger partial charge in [-0.15, -0.1) is 0 Å². The molecule has 352 valence electrons. The van der Waals surface area contributed by atoms with E-state index in [2.05, 4.69) is 10.6 Å². The molecule has 2 atom stereocenters. The molecule has 0 aliphatic carbocycles. The van der Waals surface area contributed by atoms with Gasteiger partial charge in [0.15, 0.2) is 0 Å². The summed E-state index contributed by atoms with van der Waals surface area (Å²) in [6.45, 7) is 4.72. The van der Waals surface area contributed by atoms with E-state index in [0.29, 0.717) is 29.9 Å². The third kappa shape index (κ3) is 20.9. The number of nitrogens with one attached hydrogen (secondary N) is 2. The number of ketones is 2. The number of methoxy groups -OCH3 is 2. The number of aliphatic carboxylic acids is 1. The Morgan fingerprint density at radius 1 is 0.485 bits per heavy atom. The molecule has 0 fully saturated rings. The predicted molar refractivity (Wildman–Crippen MR) is 242 cm³/mol. The highest BCUT2D eigenvalue weighted by Crippen LogP contribution is 2.18. The van der Waals surface area contributed by atoms with Crippen molar-refractivity contribution in [3.63, 3.8) is 0 Å². The number of aryl methyl sites for hydroxylation is 2. The van der Waals surface area contributed by atoms with Crippen LogP contribution in [0.15, 0.2) is 97.1 Å². The maximum atomic E-state index is 12.5. The highest BCUT2D eigenvalue weighted by Gasteiger charge is 2.23. The highest BCUT2D eigenvalue weighted by molar-refractivity contribution is 5.86. The van der Waals surface area contributed by atoms with E-state index in [0.717, 1.165) is 28.2 Å². The molecule has 2 unspecified atom stereocenters. The minimum absolute atomic E-state index is 0.000725. The van der Waals surface area contributed by atoms with Crippen LogP contribution >= 0.6 is 0 Å². The van der Waals surface area contributed by atoms with Gasteiger partial charge < -0.3 is 49.0 Å². The monoisotopic (exact) mass is 910 g/mol. The van der Waals surface area contributed by atoms with Crippen molar-refractivity contribution in [3.8, 4) is 23.0 Å². The van der Waals surface area contributed by atoms with Crippen molar-refractivity contribution in [2.24, 2.45) is 0 Å². The van der Waals surface area contributed by atoms with Gasteiger partial charge in [0.2, 0.25) is 11.8 Å². The molecule has 16 heteroatoms. The number of Topliss-reactive ketones (excluding diaryl/α,β-unsaturated/α-hetero) is 2. The Bertz CT molecular complexity index is 2220. The largest absolute Gasteiger partial charge is 0.497 e. The zero-order valence-corrected chi connectivity index (χ0v) is 37.9. The van der Waals surface area contributed by atoms with Gasteiger partial charge in [0.05, 0.1) is 33.7 Å². The smallest absolute Gasteiger partial charge is 0.328 e. The number of amides is 2. The van der Waals surface area contributed by atoms with Crippen LogP contribution in [0.4, 0.5) is 0 Å². The van der Waals surface area contributed by atoms with Gasteiger partial charge in [-0.2, -0.15) is 0 Å². The van der Waals surface area contributed by atoms with Gasteiger partial charge >= 0.3 is 23.9 Å². The van der Waals surface area contributed by atoms with Gasteiger partial charge in [-0.25, -0.2) is 9.59 Å². The zero-order chi connectivity index (χ0) is 48.4. The van der Waals surface area contributed by atoms with E-state index in [1.807, 2.05) is 36.4 Å². The average molecular weight is 911 g/mol. The van der Waals surface area contributed by atoms with Crippen molar-refractivity contribution in [1.82, 2.24) is 10.6 Å². The molecule has 3 N–H and O–H groups in total. The number of carboxylic acids is 1. The summed E-state index contributed by atoms with van der Waals surface area (Å²) in [4.78, 5) is 94.1. The lowest BCUT2D eigenvalue weighted by Crippen LogP contribution is -2.43. The Morgan fingerprint density at radius 3 is 1.18 bits per heavy atom. The Balaban J connectivity index is 0.000000351. The van der Waals surface area contributed by atoms with Gasteiger partial charge in [-0.05, 0) is 104 Å². The fraction of sp³-hybridized carbons (Fsp3) is 0.360. The maximum absolute atomic E-state index is 12.5. The van der Waals surface area contributed by atoms with Crippen LogP contribution in [0, 0.1) is 0 Å². The molecule has 4 rings (SSSR count). The van der Waals surface area contributed by atoms with Crippen LogP contribution < -0.4 is 29.6 Å². The number of rotatable bonds is 25. The van der Waals surface area contributed by atoms with Crippen LogP contribution in [0.2, 0.25) is 0 Å². The fourth-order valence-corrected chi connectivity index (χ4v) is 6.05. The third-order valence-corrected chi connectivity index (χ3v) is 9.69. The Hall–Kier alpha value is -7.36. The van der Waals surface area contributed by atoms with Crippen molar-refractivity contribution in [2.75, 3.05) is 20.8 Å². The Kier molecular flexibility index (Phi) is 22.8. The van der Waals surface area contributed by atoms with E-state index in [1.165, 1.54) is 13.8 Å². The van der Waals surface area contributed by atoms with Crippen molar-refractivity contribution in [2.45, 2.75) is 97.1 Å². The van der Waals surface area contributed by atoms with E-state index in [-0.39, 0.29) is 81.4 Å².